The highest BCUT2D eigenvalue weighted by atomic mass is 32.2. The van der Waals surface area contributed by atoms with E-state index < -0.39 is 34.5 Å². The van der Waals surface area contributed by atoms with Crippen molar-refractivity contribution in [3.8, 4) is 34.9 Å². The zero-order valence-corrected chi connectivity index (χ0v) is 26.4. The van der Waals surface area contributed by atoms with Crippen LogP contribution in [-0.4, -0.2) is 60.2 Å². The second-order valence-electron chi connectivity index (χ2n) is 10.2. The monoisotopic (exact) mass is 659 g/mol. The van der Waals surface area contributed by atoms with Gasteiger partial charge in [-0.05, 0) is 42.8 Å². The molecule has 0 saturated heterocycles. The Bertz CT molecular complexity index is 1820. The number of thioether (sulfide) groups is 1. The second kappa shape index (κ2) is 15.4. The number of rotatable bonds is 13. The Labute approximate surface area is 274 Å². The van der Waals surface area contributed by atoms with Crippen LogP contribution in [0.15, 0.2) is 82.8 Å². The fourth-order valence-corrected chi connectivity index (χ4v) is 5.51. The van der Waals surface area contributed by atoms with Crippen LogP contribution in [0.5, 0.6) is 28.9 Å². The average molecular weight is 660 g/mol. The molecule has 0 bridgehead atoms. The lowest BCUT2D eigenvalue weighted by atomic mass is 10.1. The van der Waals surface area contributed by atoms with Gasteiger partial charge in [0.15, 0.2) is 17.3 Å². The number of esters is 1. The van der Waals surface area contributed by atoms with Gasteiger partial charge < -0.3 is 29.6 Å². The fourth-order valence-electron chi connectivity index (χ4n) is 4.58. The van der Waals surface area contributed by atoms with Crippen LogP contribution < -0.4 is 19.9 Å². The molecule has 4 aromatic rings. The first-order valence-electron chi connectivity index (χ1n) is 14.6. The largest absolute Gasteiger partial charge is 0.485 e. The molecule has 0 saturated carbocycles. The molecule has 3 aromatic carbocycles. The van der Waals surface area contributed by atoms with Crippen LogP contribution in [0.2, 0.25) is 0 Å². The van der Waals surface area contributed by atoms with E-state index in [9.17, 15) is 10.1 Å². The van der Waals surface area contributed by atoms with E-state index in [1.54, 1.807) is 19.1 Å². The Morgan fingerprint density at radius 1 is 1.09 bits per heavy atom. The van der Waals surface area contributed by atoms with Gasteiger partial charge in [-0.15, -0.1) is 11.8 Å². The van der Waals surface area contributed by atoms with Crippen molar-refractivity contribution in [3.05, 3.63) is 101 Å². The van der Waals surface area contributed by atoms with Gasteiger partial charge in [0.05, 0.1) is 36.5 Å². The normalized spacial score (nSPS) is 13.0. The number of pyridine rings is 1. The van der Waals surface area contributed by atoms with Crippen molar-refractivity contribution in [2.24, 2.45) is 10.7 Å². The van der Waals surface area contributed by atoms with Crippen LogP contribution >= 0.6 is 11.8 Å². The zero-order valence-electron chi connectivity index (χ0n) is 25.6. The van der Waals surface area contributed by atoms with Crippen LogP contribution in [0.4, 0.5) is 8.78 Å². The fraction of sp³-hybridized carbons (Fsp3) is 0.235. The maximum atomic E-state index is 15.9. The molecule has 10 nitrogen and oxygen atoms in total. The number of hydrogen-bond donors (Lipinski definition) is 1. The molecule has 13 heteroatoms. The van der Waals surface area contributed by atoms with Gasteiger partial charge in [0, 0.05) is 31.1 Å². The maximum absolute atomic E-state index is 15.9. The molecule has 0 fully saturated rings. The number of aromatic nitrogens is 1. The van der Waals surface area contributed by atoms with Gasteiger partial charge in [-0.1, -0.05) is 30.3 Å². The van der Waals surface area contributed by atoms with Crippen molar-refractivity contribution in [1.82, 2.24) is 9.88 Å². The molecule has 1 aromatic heterocycles. The number of nitrogens with two attached hydrogens (primary N) is 1. The minimum absolute atomic E-state index is 0.00370. The van der Waals surface area contributed by atoms with Crippen LogP contribution in [0.3, 0.4) is 0 Å². The topological polar surface area (TPSA) is 132 Å². The number of nitrogens with zero attached hydrogens (tertiary/aromatic N) is 4. The Morgan fingerprint density at radius 3 is 2.57 bits per heavy atom. The van der Waals surface area contributed by atoms with Gasteiger partial charge in [-0.3, -0.25) is 9.79 Å². The number of aliphatic imine (C=N–C) groups is 1. The SMILES string of the molecule is CCOC(=O)C(CN)Sc1ccc(Oc2c(F)cnc(Oc3cc(C#N)ccc3OCc3ccccc3)c2F)c(C2=NCCN2C)c1. The summed E-state index contributed by atoms with van der Waals surface area (Å²) in [6.45, 7) is 3.30. The van der Waals surface area contributed by atoms with Crippen LogP contribution in [0.1, 0.15) is 23.6 Å². The molecule has 0 radical (unpaired) electrons. The summed E-state index contributed by atoms with van der Waals surface area (Å²) in [7, 11) is 1.84. The van der Waals surface area contributed by atoms with E-state index in [2.05, 4.69) is 9.98 Å². The van der Waals surface area contributed by atoms with Crippen molar-refractivity contribution in [3.63, 3.8) is 0 Å². The summed E-state index contributed by atoms with van der Waals surface area (Å²) < 4.78 is 53.8. The van der Waals surface area contributed by atoms with E-state index in [0.29, 0.717) is 29.4 Å². The quantitative estimate of drug-likeness (QED) is 0.133. The van der Waals surface area contributed by atoms with E-state index in [1.165, 1.54) is 36.0 Å². The predicted molar refractivity (Wildman–Crippen MR) is 172 cm³/mol. The van der Waals surface area contributed by atoms with Gasteiger partial charge in [-0.2, -0.15) is 9.65 Å². The van der Waals surface area contributed by atoms with E-state index >= 15 is 8.78 Å². The minimum atomic E-state index is -1.21. The number of benzene rings is 3. The minimum Gasteiger partial charge on any atom is -0.485 e. The van der Waals surface area contributed by atoms with Gasteiger partial charge in [0.2, 0.25) is 11.6 Å². The lowest BCUT2D eigenvalue weighted by Crippen LogP contribution is -2.28. The summed E-state index contributed by atoms with van der Waals surface area (Å²) >= 11 is 1.20. The molecule has 0 aliphatic carbocycles. The van der Waals surface area contributed by atoms with Gasteiger partial charge in [0.25, 0.3) is 5.88 Å². The Hall–Kier alpha value is -5.19. The van der Waals surface area contributed by atoms with E-state index in [1.807, 2.05) is 48.3 Å². The van der Waals surface area contributed by atoms with E-state index in [0.717, 1.165) is 11.8 Å². The highest BCUT2D eigenvalue weighted by Gasteiger charge is 2.26. The van der Waals surface area contributed by atoms with Crippen molar-refractivity contribution in [2.75, 3.05) is 33.3 Å². The van der Waals surface area contributed by atoms with Crippen LogP contribution in [0, 0.1) is 23.0 Å². The molecular formula is C34H31F2N5O5S. The number of ether oxygens (including phenoxy) is 4. The van der Waals surface area contributed by atoms with Crippen molar-refractivity contribution in [1.29, 1.82) is 5.26 Å². The zero-order chi connectivity index (χ0) is 33.3. The molecule has 1 atom stereocenters. The van der Waals surface area contributed by atoms with E-state index in [4.69, 9.17) is 24.7 Å². The molecule has 242 valence electrons. The predicted octanol–water partition coefficient (Wildman–Crippen LogP) is 6.07. The first kappa shape index (κ1) is 33.2. The first-order chi connectivity index (χ1) is 22.8. The number of nitriles is 1. The van der Waals surface area contributed by atoms with Crippen molar-refractivity contribution < 1.29 is 32.5 Å². The number of likely N-dealkylation sites (N-methyl/N-ethyl adjacent to an activating group) is 1. The summed E-state index contributed by atoms with van der Waals surface area (Å²) in [5, 5.41) is 8.79. The van der Waals surface area contributed by atoms with Gasteiger partial charge in [-0.25, -0.2) is 9.37 Å². The molecule has 2 heterocycles. The van der Waals surface area contributed by atoms with Crippen LogP contribution in [0.25, 0.3) is 0 Å². The number of halogens is 2. The average Bonchev–Trinajstić information content (AvgIpc) is 3.52. The number of amidine groups is 1. The summed E-state index contributed by atoms with van der Waals surface area (Å²) in [5.74, 6) is -3.20. The smallest absolute Gasteiger partial charge is 0.320 e. The number of carbonyl (C=O) groups excluding carboxylic acids is 1. The molecule has 0 amide bonds. The standard InChI is InChI=1S/C34H31F2N5O5S/c1-3-43-34(42)29(18-38)47-23-10-12-26(24(16-23)32-39-13-14-41(32)2)45-31-25(35)19-40-33(30(31)36)46-28-15-22(17-37)9-11-27(28)44-20-21-7-5-4-6-8-21/h4-12,15-16,19,29H,3,13-14,18,20,38H2,1-2H3. The summed E-state index contributed by atoms with van der Waals surface area (Å²) in [4.78, 5) is 23.3. The summed E-state index contributed by atoms with van der Waals surface area (Å²) in [5.41, 5.74) is 7.39. The second-order valence-corrected chi connectivity index (χ2v) is 11.5. The van der Waals surface area contributed by atoms with Crippen LogP contribution in [-0.2, 0) is 16.1 Å². The Kier molecular flexibility index (Phi) is 10.9. The number of carbonyl (C=O) groups is 1. The van der Waals surface area contributed by atoms with Crippen molar-refractivity contribution in [2.45, 2.75) is 23.7 Å². The van der Waals surface area contributed by atoms with E-state index in [-0.39, 0.29) is 42.6 Å². The maximum Gasteiger partial charge on any atom is 0.320 e. The molecular weight excluding hydrogens is 628 g/mol. The lowest BCUT2D eigenvalue weighted by Gasteiger charge is -2.20. The molecule has 1 aliphatic rings. The number of hydrogen-bond acceptors (Lipinski definition) is 11. The third-order valence-electron chi connectivity index (χ3n) is 6.92. The Morgan fingerprint density at radius 2 is 1.87 bits per heavy atom. The highest BCUT2D eigenvalue weighted by molar-refractivity contribution is 8.00. The summed E-state index contributed by atoms with van der Waals surface area (Å²) in [6.07, 6.45) is 0.778. The molecule has 0 spiro atoms. The molecule has 5 rings (SSSR count). The molecule has 2 N–H and O–H groups in total. The van der Waals surface area contributed by atoms with Gasteiger partial charge >= 0.3 is 5.97 Å². The van der Waals surface area contributed by atoms with Crippen molar-refractivity contribution >= 4 is 23.6 Å². The lowest BCUT2D eigenvalue weighted by molar-refractivity contribution is -0.142. The van der Waals surface area contributed by atoms with Gasteiger partial charge in [0.1, 0.15) is 23.4 Å². The third-order valence-corrected chi connectivity index (χ3v) is 8.12. The third kappa shape index (κ3) is 7.97. The highest BCUT2D eigenvalue weighted by Crippen LogP contribution is 2.39. The summed E-state index contributed by atoms with van der Waals surface area (Å²) in [6, 6.07) is 20.7. The first-order valence-corrected chi connectivity index (χ1v) is 15.5. The molecule has 1 unspecified atom stereocenters. The molecule has 1 aliphatic heterocycles. The Balaban J connectivity index is 1.46. The molecule has 47 heavy (non-hydrogen) atoms.